The molecule has 2 aliphatic rings. The van der Waals surface area contributed by atoms with E-state index in [0.29, 0.717) is 0 Å². The largest absolute Gasteiger partial charge is 0.393 e. The molecule has 10 nitrogen and oxygen atoms in total. The highest BCUT2D eigenvalue weighted by molar-refractivity contribution is 5.86. The van der Waals surface area contributed by atoms with Crippen LogP contribution in [0.1, 0.15) is 11.8 Å². The number of ether oxygens (including phenoxy) is 1. The molecule has 1 amide bonds. The summed E-state index contributed by atoms with van der Waals surface area (Å²) in [5, 5.41) is 20.6. The lowest BCUT2D eigenvalue weighted by atomic mass is 9.93. The number of hydrogen-bond donors (Lipinski definition) is 3. The summed E-state index contributed by atoms with van der Waals surface area (Å²) < 4.78 is 6.53. The first kappa shape index (κ1) is 14.9. The molecule has 2 fully saturated rings. The SMILES string of the molecule is Cc1cn([C@@H]2O[C@@]3(CO)C(=O)N(C)O[C@H]2C3O)c(=O)[nH]c1=O. The molecular formula is C12H15N3O7. The van der Waals surface area contributed by atoms with E-state index in [1.165, 1.54) is 20.2 Å². The van der Waals surface area contributed by atoms with Gasteiger partial charge in [-0.1, -0.05) is 0 Å². The van der Waals surface area contributed by atoms with Crippen molar-refractivity contribution in [3.8, 4) is 0 Å². The second kappa shape index (κ2) is 4.74. The van der Waals surface area contributed by atoms with Gasteiger partial charge in [0.25, 0.3) is 11.5 Å². The van der Waals surface area contributed by atoms with Crippen molar-refractivity contribution in [2.24, 2.45) is 0 Å². The molecule has 3 rings (SSSR count). The van der Waals surface area contributed by atoms with Gasteiger partial charge in [0.2, 0.25) is 5.60 Å². The van der Waals surface area contributed by atoms with Gasteiger partial charge in [0, 0.05) is 18.8 Å². The van der Waals surface area contributed by atoms with Crippen molar-refractivity contribution in [2.75, 3.05) is 13.7 Å². The maximum absolute atomic E-state index is 12.1. The Labute approximate surface area is 123 Å². The normalized spacial score (nSPS) is 34.3. The Morgan fingerprint density at radius 2 is 2.09 bits per heavy atom. The number of aliphatic hydroxyl groups excluding tert-OH is 2. The zero-order chi connectivity index (χ0) is 16.2. The fraction of sp³-hybridized carbons (Fsp3) is 0.583. The van der Waals surface area contributed by atoms with E-state index in [9.17, 15) is 24.6 Å². The van der Waals surface area contributed by atoms with Crippen LogP contribution in [0.2, 0.25) is 0 Å². The van der Waals surface area contributed by atoms with Gasteiger partial charge in [0.05, 0.1) is 6.61 Å². The van der Waals surface area contributed by atoms with Crippen LogP contribution >= 0.6 is 0 Å². The number of rotatable bonds is 2. The molecule has 0 aromatic carbocycles. The molecule has 3 N–H and O–H groups in total. The zero-order valence-corrected chi connectivity index (χ0v) is 11.8. The maximum atomic E-state index is 12.1. The number of H-pyrrole nitrogens is 1. The highest BCUT2D eigenvalue weighted by Crippen LogP contribution is 2.43. The lowest BCUT2D eigenvalue weighted by molar-refractivity contribution is -0.245. The number of nitrogens with one attached hydrogen (secondary N) is 1. The van der Waals surface area contributed by atoms with Gasteiger partial charge >= 0.3 is 5.69 Å². The molecule has 22 heavy (non-hydrogen) atoms. The van der Waals surface area contributed by atoms with E-state index >= 15 is 0 Å². The van der Waals surface area contributed by atoms with Crippen LogP contribution in [0.15, 0.2) is 15.8 Å². The number of likely N-dealkylation sites (N-methyl/N-ethyl adjacent to an activating group) is 1. The Hall–Kier alpha value is -2.01. The minimum atomic E-state index is -1.90. The molecule has 0 spiro atoms. The lowest BCUT2D eigenvalue weighted by Gasteiger charge is -2.36. The standard InChI is InChI=1S/C12H15N3O7/c1-5-3-15(11(20)13-8(5)18)9-6-7(17)12(4-16,21-9)10(19)14(2)22-6/h3,6-7,9,16-17H,4H2,1-2H3,(H,13,18,20)/t6-,7?,9+,12+/m0/s1. The van der Waals surface area contributed by atoms with Crippen molar-refractivity contribution in [3.63, 3.8) is 0 Å². The third-order valence-electron chi connectivity index (χ3n) is 3.98. The molecular weight excluding hydrogens is 298 g/mol. The first-order chi connectivity index (χ1) is 10.3. The topological polar surface area (TPSA) is 134 Å². The monoisotopic (exact) mass is 313 g/mol. The third-order valence-corrected chi connectivity index (χ3v) is 3.98. The molecule has 1 unspecified atom stereocenters. The van der Waals surface area contributed by atoms with Crippen molar-refractivity contribution >= 4 is 5.91 Å². The van der Waals surface area contributed by atoms with Gasteiger partial charge in [-0.2, -0.15) is 0 Å². The van der Waals surface area contributed by atoms with Gasteiger partial charge < -0.3 is 14.9 Å². The predicted molar refractivity (Wildman–Crippen MR) is 69.6 cm³/mol. The number of fused-ring (bicyclic) bond motifs is 2. The summed E-state index contributed by atoms with van der Waals surface area (Å²) in [4.78, 5) is 42.9. The quantitative estimate of drug-likeness (QED) is 0.538. The third kappa shape index (κ3) is 1.78. The highest BCUT2D eigenvalue weighted by atomic mass is 16.7. The molecule has 0 saturated carbocycles. The minimum absolute atomic E-state index is 0.247. The average Bonchev–Trinajstić information content (AvgIpc) is 2.69. The summed E-state index contributed by atoms with van der Waals surface area (Å²) in [5.74, 6) is -0.754. The first-order valence-electron chi connectivity index (χ1n) is 6.55. The van der Waals surface area contributed by atoms with Crippen molar-refractivity contribution < 1.29 is 24.6 Å². The summed E-state index contributed by atoms with van der Waals surface area (Å²) in [6, 6.07) is 0. The van der Waals surface area contributed by atoms with E-state index in [-0.39, 0.29) is 5.56 Å². The van der Waals surface area contributed by atoms with Gasteiger partial charge in [-0.15, -0.1) is 0 Å². The molecule has 4 atom stereocenters. The molecule has 0 radical (unpaired) electrons. The van der Waals surface area contributed by atoms with Crippen LogP contribution in [-0.2, 0) is 14.4 Å². The summed E-state index contributed by atoms with van der Waals surface area (Å²) in [7, 11) is 1.32. The lowest BCUT2D eigenvalue weighted by Crippen LogP contribution is -2.62. The second-order valence-electron chi connectivity index (χ2n) is 5.35. The summed E-state index contributed by atoms with van der Waals surface area (Å²) >= 11 is 0. The number of aromatic nitrogens is 2. The van der Waals surface area contributed by atoms with Crippen LogP contribution in [0.25, 0.3) is 0 Å². The summed E-state index contributed by atoms with van der Waals surface area (Å²) in [6.45, 7) is 0.719. The Morgan fingerprint density at radius 3 is 2.73 bits per heavy atom. The smallest absolute Gasteiger partial charge is 0.330 e. The molecule has 0 aliphatic carbocycles. The number of amides is 1. The van der Waals surface area contributed by atoms with Gasteiger partial charge in [-0.3, -0.25) is 24.0 Å². The Morgan fingerprint density at radius 1 is 1.41 bits per heavy atom. The van der Waals surface area contributed by atoms with Gasteiger partial charge in [-0.05, 0) is 6.92 Å². The number of aromatic amines is 1. The van der Waals surface area contributed by atoms with E-state index in [1.807, 2.05) is 0 Å². The van der Waals surface area contributed by atoms with Crippen LogP contribution in [0.3, 0.4) is 0 Å². The number of carbonyl (C=O) groups is 1. The van der Waals surface area contributed by atoms with Crippen molar-refractivity contribution in [1.29, 1.82) is 0 Å². The second-order valence-corrected chi connectivity index (χ2v) is 5.35. The van der Waals surface area contributed by atoms with Gasteiger partial charge in [-0.25, -0.2) is 9.86 Å². The van der Waals surface area contributed by atoms with Gasteiger partial charge in [0.15, 0.2) is 12.3 Å². The fourth-order valence-corrected chi connectivity index (χ4v) is 2.75. The van der Waals surface area contributed by atoms with E-state index in [1.54, 1.807) is 0 Å². The first-order valence-corrected chi connectivity index (χ1v) is 6.55. The van der Waals surface area contributed by atoms with Crippen molar-refractivity contribution in [3.05, 3.63) is 32.6 Å². The van der Waals surface area contributed by atoms with Crippen LogP contribution in [0.5, 0.6) is 0 Å². The number of hydrogen-bond acceptors (Lipinski definition) is 7. The maximum Gasteiger partial charge on any atom is 0.330 e. The molecule has 2 bridgehead atoms. The average molecular weight is 313 g/mol. The molecule has 10 heteroatoms. The molecule has 2 saturated heterocycles. The van der Waals surface area contributed by atoms with Crippen LogP contribution in [-0.4, -0.2) is 62.2 Å². The molecule has 1 aromatic heterocycles. The predicted octanol–water partition coefficient (Wildman–Crippen LogP) is -2.76. The minimum Gasteiger partial charge on any atom is -0.393 e. The van der Waals surface area contributed by atoms with Crippen LogP contribution in [0, 0.1) is 6.92 Å². The highest BCUT2D eigenvalue weighted by Gasteiger charge is 2.65. The summed E-state index contributed by atoms with van der Waals surface area (Å²) in [6.07, 6.45) is -2.46. The van der Waals surface area contributed by atoms with E-state index in [0.717, 1.165) is 9.63 Å². The van der Waals surface area contributed by atoms with Crippen LogP contribution in [0.4, 0.5) is 0 Å². The fourth-order valence-electron chi connectivity index (χ4n) is 2.75. The van der Waals surface area contributed by atoms with E-state index in [4.69, 9.17) is 9.57 Å². The molecule has 120 valence electrons. The molecule has 1 aromatic rings. The van der Waals surface area contributed by atoms with Crippen molar-refractivity contribution in [1.82, 2.24) is 14.6 Å². The summed E-state index contributed by atoms with van der Waals surface area (Å²) in [5.41, 5.74) is -2.97. The number of aliphatic hydroxyl groups is 2. The number of hydroxylamine groups is 2. The van der Waals surface area contributed by atoms with Crippen LogP contribution < -0.4 is 11.2 Å². The number of carbonyl (C=O) groups excluding carboxylic acids is 1. The number of aryl methyl sites for hydroxylation is 1. The van der Waals surface area contributed by atoms with E-state index in [2.05, 4.69) is 4.98 Å². The molecule has 2 aliphatic heterocycles. The van der Waals surface area contributed by atoms with E-state index < -0.39 is 47.8 Å². The number of nitrogens with zero attached hydrogens (tertiary/aromatic N) is 2. The zero-order valence-electron chi connectivity index (χ0n) is 11.8. The Bertz CT molecular complexity index is 741. The van der Waals surface area contributed by atoms with Crippen molar-refractivity contribution in [2.45, 2.75) is 31.0 Å². The Kier molecular flexibility index (Phi) is 3.22. The Balaban J connectivity index is 2.12. The molecule has 3 heterocycles. The van der Waals surface area contributed by atoms with Gasteiger partial charge in [0.1, 0.15) is 6.10 Å².